The molecule has 5 rings (SSSR count). The number of hydrogen-bond donors (Lipinski definition) is 1. The van der Waals surface area contributed by atoms with E-state index in [4.69, 9.17) is 14.5 Å². The summed E-state index contributed by atoms with van der Waals surface area (Å²) in [6.07, 6.45) is 5.76. The zero-order chi connectivity index (χ0) is 23.7. The number of aromatic nitrogens is 1. The fraction of sp³-hybridized carbons (Fsp3) is 0.321. The Morgan fingerprint density at radius 1 is 1.09 bits per heavy atom. The van der Waals surface area contributed by atoms with Crippen LogP contribution in [0.2, 0.25) is 0 Å². The van der Waals surface area contributed by atoms with Crippen molar-refractivity contribution in [1.82, 2.24) is 10.3 Å². The van der Waals surface area contributed by atoms with Gasteiger partial charge in [-0.25, -0.2) is 9.78 Å². The molecular weight excluding hydrogens is 428 g/mol. The van der Waals surface area contributed by atoms with E-state index in [-0.39, 0.29) is 11.9 Å². The molecular formula is C28H28N2O4. The predicted molar refractivity (Wildman–Crippen MR) is 132 cm³/mol. The second-order valence-corrected chi connectivity index (χ2v) is 8.96. The van der Waals surface area contributed by atoms with Gasteiger partial charge in [0.2, 0.25) is 0 Å². The predicted octanol–water partition coefficient (Wildman–Crippen LogP) is 4.94. The summed E-state index contributed by atoms with van der Waals surface area (Å²) in [4.78, 5) is 30.8. The van der Waals surface area contributed by atoms with Crippen LogP contribution in [0.1, 0.15) is 59.8 Å². The maximum absolute atomic E-state index is 13.4. The summed E-state index contributed by atoms with van der Waals surface area (Å²) in [6, 6.07) is 15.7. The summed E-state index contributed by atoms with van der Waals surface area (Å²) >= 11 is 0. The standard InChI is InChI=1S/C28H28N2O4/c1-17(27(31)29-20-12-13-20)34-28(32)25-22-7-3-4-9-24(22)30-26-19(6-5-8-23(25)26)16-18-10-14-21(33-2)15-11-18/h3-4,7,9-11,14-17,20H,5-6,8,12-13H2,1-2H3,(H,29,31)/b19-16+. The van der Waals surface area contributed by atoms with Gasteiger partial charge >= 0.3 is 5.97 Å². The average Bonchev–Trinajstić information content (AvgIpc) is 3.67. The Balaban J connectivity index is 1.53. The Hall–Kier alpha value is -3.67. The van der Waals surface area contributed by atoms with Crippen LogP contribution in [-0.2, 0) is 16.0 Å². The topological polar surface area (TPSA) is 77.5 Å². The number of carbonyl (C=O) groups is 2. The van der Waals surface area contributed by atoms with Crippen LogP contribution >= 0.6 is 0 Å². The second kappa shape index (κ2) is 9.29. The molecule has 0 spiro atoms. The molecule has 34 heavy (non-hydrogen) atoms. The smallest absolute Gasteiger partial charge is 0.339 e. The largest absolute Gasteiger partial charge is 0.497 e. The van der Waals surface area contributed by atoms with Crippen LogP contribution in [0, 0.1) is 0 Å². The number of ether oxygens (including phenoxy) is 2. The molecule has 1 aromatic heterocycles. The van der Waals surface area contributed by atoms with Gasteiger partial charge in [-0.15, -0.1) is 0 Å². The maximum atomic E-state index is 13.4. The van der Waals surface area contributed by atoms with Crippen molar-refractivity contribution >= 4 is 34.4 Å². The van der Waals surface area contributed by atoms with Gasteiger partial charge in [0.15, 0.2) is 6.10 Å². The SMILES string of the molecule is COc1ccc(/C=C2\CCCc3c2nc2ccccc2c3C(=O)OC(C)C(=O)NC2CC2)cc1. The molecule has 1 fully saturated rings. The van der Waals surface area contributed by atoms with E-state index in [0.717, 1.165) is 71.2 Å². The highest BCUT2D eigenvalue weighted by molar-refractivity contribution is 6.07. The molecule has 2 aromatic carbocycles. The lowest BCUT2D eigenvalue weighted by molar-refractivity contribution is -0.129. The van der Waals surface area contributed by atoms with E-state index in [2.05, 4.69) is 11.4 Å². The Labute approximate surface area is 199 Å². The van der Waals surface area contributed by atoms with Gasteiger partial charge < -0.3 is 14.8 Å². The Kier molecular flexibility index (Phi) is 6.05. The summed E-state index contributed by atoms with van der Waals surface area (Å²) in [6.45, 7) is 1.63. The highest BCUT2D eigenvalue weighted by Gasteiger charge is 2.30. The molecule has 2 aliphatic rings. The molecule has 174 valence electrons. The molecule has 6 heteroatoms. The monoisotopic (exact) mass is 456 g/mol. The van der Waals surface area contributed by atoms with Gasteiger partial charge in [-0.2, -0.15) is 0 Å². The first-order chi connectivity index (χ1) is 16.5. The second-order valence-electron chi connectivity index (χ2n) is 8.96. The van der Waals surface area contributed by atoms with Crippen molar-refractivity contribution in [3.63, 3.8) is 0 Å². The van der Waals surface area contributed by atoms with Gasteiger partial charge in [0, 0.05) is 11.4 Å². The van der Waals surface area contributed by atoms with E-state index in [1.54, 1.807) is 14.0 Å². The van der Waals surface area contributed by atoms with Gasteiger partial charge in [0.25, 0.3) is 5.91 Å². The summed E-state index contributed by atoms with van der Waals surface area (Å²) in [5.41, 5.74) is 5.13. The van der Waals surface area contributed by atoms with Gasteiger partial charge in [-0.05, 0) is 80.0 Å². The molecule has 2 aliphatic carbocycles. The first-order valence-corrected chi connectivity index (χ1v) is 11.8. The van der Waals surface area contributed by atoms with Crippen molar-refractivity contribution in [2.75, 3.05) is 7.11 Å². The zero-order valence-electron chi connectivity index (χ0n) is 19.5. The van der Waals surface area contributed by atoms with Crippen molar-refractivity contribution in [3.8, 4) is 5.75 Å². The number of allylic oxidation sites excluding steroid dienone is 1. The van der Waals surface area contributed by atoms with Crippen molar-refractivity contribution in [1.29, 1.82) is 0 Å². The summed E-state index contributed by atoms with van der Waals surface area (Å²) in [7, 11) is 1.65. The van der Waals surface area contributed by atoms with Crippen LogP contribution in [-0.4, -0.2) is 36.1 Å². The van der Waals surface area contributed by atoms with Crippen molar-refractivity contribution < 1.29 is 19.1 Å². The maximum Gasteiger partial charge on any atom is 0.339 e. The van der Waals surface area contributed by atoms with E-state index in [1.807, 2.05) is 48.5 Å². The van der Waals surface area contributed by atoms with Crippen LogP contribution < -0.4 is 10.1 Å². The van der Waals surface area contributed by atoms with Gasteiger partial charge in [0.05, 0.1) is 23.9 Å². The number of fused-ring (bicyclic) bond motifs is 2. The normalized spacial score (nSPS) is 17.2. The number of benzene rings is 2. The Morgan fingerprint density at radius 2 is 1.85 bits per heavy atom. The number of rotatable bonds is 6. The Bertz CT molecular complexity index is 1280. The van der Waals surface area contributed by atoms with Gasteiger partial charge in [-0.3, -0.25) is 4.79 Å². The quantitative estimate of drug-likeness (QED) is 0.532. The van der Waals surface area contributed by atoms with E-state index in [0.29, 0.717) is 5.56 Å². The van der Waals surface area contributed by atoms with Crippen molar-refractivity contribution in [2.45, 2.75) is 51.2 Å². The van der Waals surface area contributed by atoms with E-state index < -0.39 is 12.1 Å². The first kappa shape index (κ1) is 22.1. The number of esters is 1. The zero-order valence-corrected chi connectivity index (χ0v) is 19.5. The van der Waals surface area contributed by atoms with Crippen LogP contribution in [0.3, 0.4) is 0 Å². The number of methoxy groups -OCH3 is 1. The molecule has 1 unspecified atom stereocenters. The molecule has 1 saturated carbocycles. The fourth-order valence-corrected chi connectivity index (χ4v) is 4.43. The van der Waals surface area contributed by atoms with Crippen LogP contribution in [0.25, 0.3) is 22.6 Å². The molecule has 1 heterocycles. The van der Waals surface area contributed by atoms with E-state index >= 15 is 0 Å². The number of amides is 1. The third kappa shape index (κ3) is 4.53. The molecule has 1 atom stereocenters. The lowest BCUT2D eigenvalue weighted by Crippen LogP contribution is -2.37. The first-order valence-electron chi connectivity index (χ1n) is 11.8. The molecule has 1 N–H and O–H groups in total. The summed E-state index contributed by atoms with van der Waals surface area (Å²) < 4.78 is 10.9. The van der Waals surface area contributed by atoms with Crippen molar-refractivity contribution in [2.24, 2.45) is 0 Å². The molecule has 3 aromatic rings. The number of nitrogens with one attached hydrogen (secondary N) is 1. The van der Waals surface area contributed by atoms with Gasteiger partial charge in [-0.1, -0.05) is 30.3 Å². The fourth-order valence-electron chi connectivity index (χ4n) is 4.43. The highest BCUT2D eigenvalue weighted by Crippen LogP contribution is 2.36. The molecule has 6 nitrogen and oxygen atoms in total. The third-order valence-corrected chi connectivity index (χ3v) is 6.41. The lowest BCUT2D eigenvalue weighted by Gasteiger charge is -2.23. The molecule has 1 amide bonds. The minimum Gasteiger partial charge on any atom is -0.497 e. The minimum absolute atomic E-state index is 0.216. The van der Waals surface area contributed by atoms with E-state index in [9.17, 15) is 9.59 Å². The molecule has 0 bridgehead atoms. The summed E-state index contributed by atoms with van der Waals surface area (Å²) in [5.74, 6) is 0.0855. The average molecular weight is 457 g/mol. The Morgan fingerprint density at radius 3 is 2.59 bits per heavy atom. The number of nitrogens with zero attached hydrogens (tertiary/aromatic N) is 1. The number of para-hydroxylation sites is 1. The summed E-state index contributed by atoms with van der Waals surface area (Å²) in [5, 5.41) is 3.66. The van der Waals surface area contributed by atoms with Gasteiger partial charge in [0.1, 0.15) is 5.75 Å². The number of carbonyl (C=O) groups excluding carboxylic acids is 2. The molecule has 0 aliphatic heterocycles. The number of hydrogen-bond acceptors (Lipinski definition) is 5. The lowest BCUT2D eigenvalue weighted by atomic mass is 9.86. The van der Waals surface area contributed by atoms with E-state index in [1.165, 1.54) is 0 Å². The van der Waals surface area contributed by atoms with Crippen LogP contribution in [0.15, 0.2) is 48.5 Å². The molecule has 0 saturated heterocycles. The van der Waals surface area contributed by atoms with Crippen molar-refractivity contribution in [3.05, 3.63) is 70.9 Å². The van der Waals surface area contributed by atoms with Crippen LogP contribution in [0.5, 0.6) is 5.75 Å². The van der Waals surface area contributed by atoms with Crippen LogP contribution in [0.4, 0.5) is 0 Å². The molecule has 0 radical (unpaired) electrons. The number of pyridine rings is 1. The minimum atomic E-state index is -0.853. The third-order valence-electron chi connectivity index (χ3n) is 6.41. The highest BCUT2D eigenvalue weighted by atomic mass is 16.5.